The van der Waals surface area contributed by atoms with Crippen LogP contribution in [0.25, 0.3) is 0 Å². The van der Waals surface area contributed by atoms with E-state index < -0.39 is 18.2 Å². The number of amides is 1. The number of nitrogens with zero attached hydrogens (tertiary/aromatic N) is 1. The van der Waals surface area contributed by atoms with Crippen LogP contribution in [0.15, 0.2) is 0 Å². The first-order valence-corrected chi connectivity index (χ1v) is 6.77. The molecule has 0 radical (unpaired) electrons. The zero-order valence-corrected chi connectivity index (χ0v) is 12.1. The van der Waals surface area contributed by atoms with Crippen LogP contribution in [0.2, 0.25) is 0 Å². The van der Waals surface area contributed by atoms with Crippen LogP contribution in [-0.4, -0.2) is 53.4 Å². The predicted octanol–water partition coefficient (Wildman–Crippen LogP) is 1.54. The summed E-state index contributed by atoms with van der Waals surface area (Å²) in [5, 5.41) is 12.0. The van der Waals surface area contributed by atoms with Crippen molar-refractivity contribution < 1.29 is 23.1 Å². The molecule has 1 fully saturated rings. The lowest BCUT2D eigenvalue weighted by Crippen LogP contribution is -2.49. The first-order chi connectivity index (χ1) is 8.99. The normalized spacial score (nSPS) is 20.8. The molecule has 0 aromatic rings. The fourth-order valence-electron chi connectivity index (χ4n) is 2.35. The minimum atomic E-state index is -4.56. The van der Waals surface area contributed by atoms with Crippen molar-refractivity contribution in [2.75, 3.05) is 19.6 Å². The van der Waals surface area contributed by atoms with Crippen molar-refractivity contribution in [3.63, 3.8) is 0 Å². The zero-order valence-electron chi connectivity index (χ0n) is 12.1. The third kappa shape index (κ3) is 5.66. The van der Waals surface area contributed by atoms with Crippen LogP contribution in [0.1, 0.15) is 33.6 Å². The number of alkyl halides is 3. The number of likely N-dealkylation sites (tertiary alicyclic amines) is 1. The highest BCUT2D eigenvalue weighted by Crippen LogP contribution is 2.31. The minimum absolute atomic E-state index is 0.132. The number of hydrogen-bond acceptors (Lipinski definition) is 3. The molecular weight excluding hydrogens is 273 g/mol. The van der Waals surface area contributed by atoms with Crippen LogP contribution in [0.4, 0.5) is 13.2 Å². The molecule has 0 aromatic carbocycles. The maximum atomic E-state index is 12.4. The summed E-state index contributed by atoms with van der Waals surface area (Å²) in [4.78, 5) is 13.5. The van der Waals surface area contributed by atoms with Crippen LogP contribution < -0.4 is 5.32 Å². The molecule has 1 unspecified atom stereocenters. The molecule has 0 aromatic heterocycles. The first-order valence-electron chi connectivity index (χ1n) is 6.77. The fraction of sp³-hybridized carbons (Fsp3) is 0.923. The summed E-state index contributed by atoms with van der Waals surface area (Å²) < 4.78 is 37.2. The van der Waals surface area contributed by atoms with Gasteiger partial charge in [-0.15, -0.1) is 0 Å². The Balaban J connectivity index is 2.38. The molecule has 1 saturated heterocycles. The van der Waals surface area contributed by atoms with E-state index in [1.165, 1.54) is 0 Å². The van der Waals surface area contributed by atoms with Gasteiger partial charge in [-0.25, -0.2) is 0 Å². The molecule has 20 heavy (non-hydrogen) atoms. The van der Waals surface area contributed by atoms with Gasteiger partial charge in [-0.2, -0.15) is 13.2 Å². The van der Waals surface area contributed by atoms with Crippen LogP contribution in [0, 0.1) is 5.92 Å². The standard InChI is InChI=1S/C13H23F3N2O2/c1-12(2,3)17-10(19)8-18-6-4-9(5-7-18)11(20)13(14,15)16/h9,11,20H,4-8H2,1-3H3,(H,17,19). The molecule has 1 aliphatic rings. The van der Waals surface area contributed by atoms with E-state index in [4.69, 9.17) is 0 Å². The average Bonchev–Trinajstić information content (AvgIpc) is 2.25. The smallest absolute Gasteiger partial charge is 0.383 e. The van der Waals surface area contributed by atoms with E-state index in [0.717, 1.165) is 0 Å². The Morgan fingerprint density at radius 3 is 2.20 bits per heavy atom. The molecule has 1 amide bonds. The van der Waals surface area contributed by atoms with Crippen molar-refractivity contribution >= 4 is 5.91 Å². The van der Waals surface area contributed by atoms with Gasteiger partial charge in [0.05, 0.1) is 6.54 Å². The highest BCUT2D eigenvalue weighted by Gasteiger charge is 2.44. The second-order valence-corrected chi connectivity index (χ2v) is 6.40. The number of halogens is 3. The summed E-state index contributed by atoms with van der Waals surface area (Å²) >= 11 is 0. The lowest BCUT2D eigenvalue weighted by atomic mass is 9.91. The summed E-state index contributed by atoms with van der Waals surface area (Å²) in [6.07, 6.45) is -6.31. The number of aliphatic hydroxyl groups is 1. The van der Waals surface area contributed by atoms with Crippen LogP contribution in [0.5, 0.6) is 0 Å². The highest BCUT2D eigenvalue weighted by atomic mass is 19.4. The van der Waals surface area contributed by atoms with Gasteiger partial charge >= 0.3 is 6.18 Å². The summed E-state index contributed by atoms with van der Waals surface area (Å²) in [6.45, 7) is 6.60. The summed E-state index contributed by atoms with van der Waals surface area (Å²) in [7, 11) is 0. The Labute approximate surface area is 117 Å². The maximum Gasteiger partial charge on any atom is 0.414 e. The van der Waals surface area contributed by atoms with E-state index in [-0.39, 0.29) is 30.8 Å². The van der Waals surface area contributed by atoms with Gasteiger partial charge in [-0.3, -0.25) is 9.69 Å². The van der Waals surface area contributed by atoms with Crippen molar-refractivity contribution in [1.82, 2.24) is 10.2 Å². The monoisotopic (exact) mass is 296 g/mol. The molecule has 118 valence electrons. The van der Waals surface area contributed by atoms with Crippen LogP contribution in [0.3, 0.4) is 0 Å². The number of carbonyl (C=O) groups excluding carboxylic acids is 1. The molecule has 7 heteroatoms. The van der Waals surface area contributed by atoms with Gasteiger partial charge < -0.3 is 10.4 Å². The van der Waals surface area contributed by atoms with Crippen LogP contribution in [-0.2, 0) is 4.79 Å². The maximum absolute atomic E-state index is 12.4. The molecule has 2 N–H and O–H groups in total. The van der Waals surface area contributed by atoms with E-state index in [1.807, 2.05) is 25.7 Å². The Hall–Kier alpha value is -0.820. The molecule has 0 bridgehead atoms. The Morgan fingerprint density at radius 2 is 1.80 bits per heavy atom. The van der Waals surface area contributed by atoms with Crippen molar-refractivity contribution in [1.29, 1.82) is 0 Å². The third-order valence-corrected chi connectivity index (χ3v) is 3.30. The lowest BCUT2D eigenvalue weighted by Gasteiger charge is -2.34. The zero-order chi connectivity index (χ0) is 15.6. The van der Waals surface area contributed by atoms with E-state index in [2.05, 4.69) is 5.32 Å². The Bertz CT molecular complexity index is 331. The van der Waals surface area contributed by atoms with Crippen molar-refractivity contribution in [2.24, 2.45) is 5.92 Å². The second kappa shape index (κ2) is 6.30. The van der Waals surface area contributed by atoms with E-state index in [0.29, 0.717) is 13.1 Å². The van der Waals surface area contributed by atoms with E-state index in [1.54, 1.807) is 0 Å². The predicted molar refractivity (Wildman–Crippen MR) is 69.1 cm³/mol. The Morgan fingerprint density at radius 1 is 1.30 bits per heavy atom. The van der Waals surface area contributed by atoms with Crippen molar-refractivity contribution in [3.05, 3.63) is 0 Å². The van der Waals surface area contributed by atoms with Gasteiger partial charge in [0.15, 0.2) is 6.10 Å². The minimum Gasteiger partial charge on any atom is -0.383 e. The molecular formula is C13H23F3N2O2. The summed E-state index contributed by atoms with van der Waals surface area (Å²) in [5.74, 6) is -0.899. The fourth-order valence-corrected chi connectivity index (χ4v) is 2.35. The number of aliphatic hydroxyl groups excluding tert-OH is 1. The van der Waals surface area contributed by atoms with Crippen molar-refractivity contribution in [2.45, 2.75) is 51.4 Å². The highest BCUT2D eigenvalue weighted by molar-refractivity contribution is 5.78. The summed E-state index contributed by atoms with van der Waals surface area (Å²) in [6, 6.07) is 0. The number of piperidine rings is 1. The second-order valence-electron chi connectivity index (χ2n) is 6.40. The Kier molecular flexibility index (Phi) is 5.43. The van der Waals surface area contributed by atoms with Crippen LogP contribution >= 0.6 is 0 Å². The molecule has 1 rings (SSSR count). The number of nitrogens with one attached hydrogen (secondary N) is 1. The molecule has 4 nitrogen and oxygen atoms in total. The average molecular weight is 296 g/mol. The van der Waals surface area contributed by atoms with Gasteiger partial charge in [-0.05, 0) is 52.6 Å². The SMILES string of the molecule is CC(C)(C)NC(=O)CN1CCC(C(O)C(F)(F)F)CC1. The third-order valence-electron chi connectivity index (χ3n) is 3.30. The number of rotatable bonds is 3. The van der Waals surface area contributed by atoms with Crippen molar-refractivity contribution in [3.8, 4) is 0 Å². The van der Waals surface area contributed by atoms with Gasteiger partial charge in [0.1, 0.15) is 0 Å². The number of carbonyl (C=O) groups is 1. The molecule has 0 spiro atoms. The summed E-state index contributed by atoms with van der Waals surface area (Å²) in [5.41, 5.74) is -0.318. The van der Waals surface area contributed by atoms with E-state index in [9.17, 15) is 23.1 Å². The molecule has 1 atom stereocenters. The van der Waals surface area contributed by atoms with Gasteiger partial charge in [0, 0.05) is 5.54 Å². The van der Waals surface area contributed by atoms with E-state index >= 15 is 0 Å². The van der Waals surface area contributed by atoms with Gasteiger partial charge in [0.25, 0.3) is 0 Å². The largest absolute Gasteiger partial charge is 0.414 e. The quantitative estimate of drug-likeness (QED) is 0.830. The van der Waals surface area contributed by atoms with Gasteiger partial charge in [-0.1, -0.05) is 0 Å². The number of hydrogen-bond donors (Lipinski definition) is 2. The molecule has 1 heterocycles. The topological polar surface area (TPSA) is 52.6 Å². The van der Waals surface area contributed by atoms with Gasteiger partial charge in [0.2, 0.25) is 5.91 Å². The molecule has 1 aliphatic heterocycles. The molecule has 0 saturated carbocycles. The molecule has 0 aliphatic carbocycles. The first kappa shape index (κ1) is 17.2. The lowest BCUT2D eigenvalue weighted by molar-refractivity contribution is -0.223.